The van der Waals surface area contributed by atoms with Gasteiger partial charge in [-0.2, -0.15) is 5.26 Å². The van der Waals surface area contributed by atoms with Crippen LogP contribution in [0.2, 0.25) is 5.02 Å². The second-order valence-corrected chi connectivity index (χ2v) is 5.69. The van der Waals surface area contributed by atoms with Gasteiger partial charge >= 0.3 is 0 Å². The molecule has 0 saturated carbocycles. The fourth-order valence-corrected chi connectivity index (χ4v) is 2.80. The number of allylic oxidation sites excluding steroid dienone is 1. The van der Waals surface area contributed by atoms with Crippen molar-refractivity contribution in [3.8, 4) is 11.8 Å². The highest BCUT2D eigenvalue weighted by molar-refractivity contribution is 6.32. The molecule has 1 aromatic heterocycles. The number of fused-ring (bicyclic) bond motifs is 1. The summed E-state index contributed by atoms with van der Waals surface area (Å²) in [4.78, 5) is 0. The molecule has 0 spiro atoms. The maximum atomic E-state index is 9.47. The lowest BCUT2D eigenvalue weighted by molar-refractivity contribution is 0.475. The molecule has 22 heavy (non-hydrogen) atoms. The first-order chi connectivity index (χ1) is 10.7. The normalized spacial score (nSPS) is 15.0. The average molecular weight is 315 g/mol. The van der Waals surface area contributed by atoms with Crippen LogP contribution in [0.25, 0.3) is 11.6 Å². The molecule has 1 N–H and O–H groups in total. The van der Waals surface area contributed by atoms with Gasteiger partial charge in [0.05, 0.1) is 10.6 Å². The van der Waals surface area contributed by atoms with Crippen molar-refractivity contribution < 1.29 is 5.11 Å². The fourth-order valence-electron chi connectivity index (χ4n) is 2.61. The van der Waals surface area contributed by atoms with Crippen molar-refractivity contribution in [2.75, 3.05) is 0 Å². The summed E-state index contributed by atoms with van der Waals surface area (Å²) in [6.45, 7) is 0.840. The monoisotopic (exact) mass is 314 g/mol. The van der Waals surface area contributed by atoms with Crippen molar-refractivity contribution in [3.05, 3.63) is 40.4 Å². The van der Waals surface area contributed by atoms with E-state index in [0.29, 0.717) is 11.4 Å². The maximum absolute atomic E-state index is 9.47. The Morgan fingerprint density at radius 3 is 2.95 bits per heavy atom. The van der Waals surface area contributed by atoms with Gasteiger partial charge in [-0.25, -0.2) is 0 Å². The van der Waals surface area contributed by atoms with Crippen LogP contribution in [0.15, 0.2) is 18.2 Å². The van der Waals surface area contributed by atoms with Gasteiger partial charge in [-0.1, -0.05) is 24.1 Å². The number of hydrogen-bond acceptors (Lipinski definition) is 4. The minimum absolute atomic E-state index is 0.0219. The number of halogens is 1. The summed E-state index contributed by atoms with van der Waals surface area (Å²) in [6.07, 6.45) is 5.96. The highest BCUT2D eigenvalue weighted by Gasteiger charge is 2.17. The summed E-state index contributed by atoms with van der Waals surface area (Å²) in [5.41, 5.74) is 1.19. The summed E-state index contributed by atoms with van der Waals surface area (Å²) < 4.78 is 2.03. The Balaban J connectivity index is 2.01. The molecular weight excluding hydrogens is 300 g/mol. The fraction of sp³-hybridized carbons (Fsp3) is 0.312. The topological polar surface area (TPSA) is 74.7 Å². The lowest BCUT2D eigenvalue weighted by Crippen LogP contribution is -2.05. The quantitative estimate of drug-likeness (QED) is 0.862. The molecule has 0 radical (unpaired) electrons. The van der Waals surface area contributed by atoms with E-state index in [0.717, 1.165) is 37.2 Å². The first-order valence-corrected chi connectivity index (χ1v) is 7.59. The van der Waals surface area contributed by atoms with Gasteiger partial charge in [-0.3, -0.25) is 0 Å². The number of nitrogens with zero attached hydrogens (tertiary/aromatic N) is 4. The summed E-state index contributed by atoms with van der Waals surface area (Å²) in [6, 6.07) is 7.02. The van der Waals surface area contributed by atoms with E-state index in [2.05, 4.69) is 16.3 Å². The number of phenols is 1. The van der Waals surface area contributed by atoms with Crippen molar-refractivity contribution in [2.45, 2.75) is 32.2 Å². The third-order valence-electron chi connectivity index (χ3n) is 3.75. The number of hydrogen-bond donors (Lipinski definition) is 1. The number of phenolic OH excluding ortho intramolecular Hbond substituents is 1. The maximum Gasteiger partial charge on any atom is 0.174 e. The predicted octanol–water partition coefficient (Wildman–Crippen LogP) is 3.43. The molecule has 1 aromatic carbocycles. The van der Waals surface area contributed by atoms with Gasteiger partial charge in [0.2, 0.25) is 0 Å². The van der Waals surface area contributed by atoms with E-state index in [1.807, 2.05) is 4.57 Å². The molecule has 5 nitrogen and oxygen atoms in total. The Morgan fingerprint density at radius 1 is 1.32 bits per heavy atom. The summed E-state index contributed by atoms with van der Waals surface area (Å²) in [5, 5.41) is 27.6. The Hall–Kier alpha value is -2.32. The van der Waals surface area contributed by atoms with Crippen LogP contribution in [-0.2, 0) is 13.0 Å². The predicted molar refractivity (Wildman–Crippen MR) is 84.2 cm³/mol. The molecule has 1 aliphatic rings. The highest BCUT2D eigenvalue weighted by Crippen LogP contribution is 2.26. The summed E-state index contributed by atoms with van der Waals surface area (Å²) in [5.74, 6) is 1.56. The SMILES string of the molecule is N#CC(=Cc1ccc(O)c(Cl)c1)c1nnc2n1CCCCC2. The Morgan fingerprint density at radius 2 is 2.18 bits per heavy atom. The highest BCUT2D eigenvalue weighted by atomic mass is 35.5. The van der Waals surface area contributed by atoms with Crippen LogP contribution in [0.3, 0.4) is 0 Å². The van der Waals surface area contributed by atoms with Gasteiger partial charge in [0.1, 0.15) is 17.6 Å². The van der Waals surface area contributed by atoms with E-state index in [1.165, 1.54) is 12.5 Å². The largest absolute Gasteiger partial charge is 0.506 e. The summed E-state index contributed by atoms with van der Waals surface area (Å²) in [7, 11) is 0. The third kappa shape index (κ3) is 2.83. The first-order valence-electron chi connectivity index (χ1n) is 7.22. The molecular formula is C16H15ClN4O. The van der Waals surface area contributed by atoms with E-state index in [-0.39, 0.29) is 10.8 Å². The van der Waals surface area contributed by atoms with Gasteiger partial charge in [0.15, 0.2) is 5.82 Å². The smallest absolute Gasteiger partial charge is 0.174 e. The standard InChI is InChI=1S/C16H15ClN4O/c17-13-9-11(5-6-14(13)22)8-12(10-18)16-20-19-15-4-2-1-3-7-21(15)16/h5-6,8-9,22H,1-4,7H2. The molecule has 0 aliphatic carbocycles. The van der Waals surface area contributed by atoms with Gasteiger partial charge in [0.25, 0.3) is 0 Å². The van der Waals surface area contributed by atoms with Crippen molar-refractivity contribution in [2.24, 2.45) is 0 Å². The van der Waals surface area contributed by atoms with Crippen LogP contribution in [0.1, 0.15) is 36.5 Å². The molecule has 0 amide bonds. The molecule has 112 valence electrons. The Bertz CT molecular complexity index is 773. The number of aromatic nitrogens is 3. The molecule has 6 heteroatoms. The molecule has 3 rings (SSSR count). The molecule has 1 aliphatic heterocycles. The van der Waals surface area contributed by atoms with E-state index >= 15 is 0 Å². The van der Waals surface area contributed by atoms with Gasteiger partial charge < -0.3 is 9.67 Å². The number of rotatable bonds is 2. The van der Waals surface area contributed by atoms with Crippen molar-refractivity contribution in [3.63, 3.8) is 0 Å². The van der Waals surface area contributed by atoms with Crippen LogP contribution in [-0.4, -0.2) is 19.9 Å². The zero-order valence-corrected chi connectivity index (χ0v) is 12.7. The Labute approximate surface area is 133 Å². The van der Waals surface area contributed by atoms with Crippen LogP contribution >= 0.6 is 11.6 Å². The number of benzene rings is 1. The molecule has 2 aromatic rings. The second kappa shape index (κ2) is 6.20. The van der Waals surface area contributed by atoms with Crippen LogP contribution < -0.4 is 0 Å². The van der Waals surface area contributed by atoms with Gasteiger partial charge in [0, 0.05) is 13.0 Å². The number of nitriles is 1. The number of aromatic hydroxyl groups is 1. The zero-order chi connectivity index (χ0) is 15.5. The van der Waals surface area contributed by atoms with Crippen molar-refractivity contribution in [1.29, 1.82) is 5.26 Å². The van der Waals surface area contributed by atoms with E-state index in [4.69, 9.17) is 11.6 Å². The Kier molecular flexibility index (Phi) is 4.12. The van der Waals surface area contributed by atoms with E-state index in [1.54, 1.807) is 18.2 Å². The lowest BCUT2D eigenvalue weighted by atomic mass is 10.1. The molecule has 2 heterocycles. The molecule has 0 atom stereocenters. The van der Waals surface area contributed by atoms with E-state index in [9.17, 15) is 10.4 Å². The molecule has 0 saturated heterocycles. The average Bonchev–Trinajstić information content (AvgIpc) is 2.77. The zero-order valence-electron chi connectivity index (χ0n) is 12.0. The minimum Gasteiger partial charge on any atom is -0.506 e. The minimum atomic E-state index is 0.0219. The van der Waals surface area contributed by atoms with Crippen molar-refractivity contribution in [1.82, 2.24) is 14.8 Å². The number of aryl methyl sites for hydroxylation is 1. The van der Waals surface area contributed by atoms with Crippen molar-refractivity contribution >= 4 is 23.3 Å². The van der Waals surface area contributed by atoms with Crippen LogP contribution in [0.4, 0.5) is 0 Å². The molecule has 0 fully saturated rings. The molecule has 0 unspecified atom stereocenters. The second-order valence-electron chi connectivity index (χ2n) is 5.28. The first kappa shape index (κ1) is 14.6. The third-order valence-corrected chi connectivity index (χ3v) is 4.06. The summed E-state index contributed by atoms with van der Waals surface area (Å²) >= 11 is 5.91. The van der Waals surface area contributed by atoms with Gasteiger partial charge in [-0.05, 0) is 36.6 Å². The lowest BCUT2D eigenvalue weighted by Gasteiger charge is -2.06. The van der Waals surface area contributed by atoms with Crippen LogP contribution in [0.5, 0.6) is 5.75 Å². The van der Waals surface area contributed by atoms with Gasteiger partial charge in [-0.15, -0.1) is 10.2 Å². The molecule has 0 bridgehead atoms. The van der Waals surface area contributed by atoms with Crippen LogP contribution in [0, 0.1) is 11.3 Å². The van der Waals surface area contributed by atoms with E-state index < -0.39 is 0 Å².